The predicted molar refractivity (Wildman–Crippen MR) is 149 cm³/mol. The number of amides is 1. The van der Waals surface area contributed by atoms with Gasteiger partial charge in [0, 0.05) is 53.5 Å². The summed E-state index contributed by atoms with van der Waals surface area (Å²) in [6.07, 6.45) is 4.71. The summed E-state index contributed by atoms with van der Waals surface area (Å²) in [5, 5.41) is 0. The van der Waals surface area contributed by atoms with Crippen LogP contribution in [-0.2, 0) is 24.3 Å². The van der Waals surface area contributed by atoms with Gasteiger partial charge in [-0.25, -0.2) is 33.4 Å². The van der Waals surface area contributed by atoms with Crippen molar-refractivity contribution in [1.82, 2.24) is 20.2 Å². The summed E-state index contributed by atoms with van der Waals surface area (Å²) in [6.45, 7) is 2.03. The van der Waals surface area contributed by atoms with Crippen LogP contribution in [0.1, 0.15) is 29.6 Å². The molecule has 2 N–H and O–H groups in total. The summed E-state index contributed by atoms with van der Waals surface area (Å²) in [4.78, 5) is 28.4. The third kappa shape index (κ3) is 7.64. The first-order valence-electron chi connectivity index (χ1n) is 12.9. The quantitative estimate of drug-likeness (QED) is 0.296. The van der Waals surface area contributed by atoms with Gasteiger partial charge in [-0.1, -0.05) is 42.5 Å². The van der Waals surface area contributed by atoms with Crippen LogP contribution < -0.4 is 15.1 Å². The van der Waals surface area contributed by atoms with Crippen molar-refractivity contribution in [2.24, 2.45) is 0 Å². The van der Waals surface area contributed by atoms with E-state index in [2.05, 4.69) is 20.2 Å². The van der Waals surface area contributed by atoms with Crippen LogP contribution in [-0.4, -0.2) is 77.9 Å². The second kappa shape index (κ2) is 13.8. The van der Waals surface area contributed by atoms with E-state index in [0.717, 1.165) is 30.4 Å². The van der Waals surface area contributed by atoms with Crippen LogP contribution in [0.25, 0.3) is 11.1 Å². The van der Waals surface area contributed by atoms with Crippen molar-refractivity contribution in [3.05, 3.63) is 72.6 Å². The summed E-state index contributed by atoms with van der Waals surface area (Å²) >= 11 is 0. The molecule has 2 aromatic carbocycles. The molecule has 0 bridgehead atoms. The molecule has 5 rings (SSSR count). The van der Waals surface area contributed by atoms with Crippen molar-refractivity contribution in [3.63, 3.8) is 0 Å². The van der Waals surface area contributed by atoms with E-state index in [1.54, 1.807) is 24.3 Å². The third-order valence-electron chi connectivity index (χ3n) is 6.52. The van der Waals surface area contributed by atoms with E-state index in [4.69, 9.17) is 14.3 Å². The molecule has 1 aromatic heterocycles. The van der Waals surface area contributed by atoms with Gasteiger partial charge in [-0.2, -0.15) is 0 Å². The van der Waals surface area contributed by atoms with Crippen LogP contribution in [0.5, 0.6) is 0 Å². The number of hydroxylamine groups is 1. The van der Waals surface area contributed by atoms with Crippen molar-refractivity contribution in [1.29, 1.82) is 0 Å². The van der Waals surface area contributed by atoms with E-state index < -0.39 is 28.3 Å². The number of anilines is 1. The van der Waals surface area contributed by atoms with E-state index in [1.165, 1.54) is 12.4 Å². The second-order valence-electron chi connectivity index (χ2n) is 9.30. The van der Waals surface area contributed by atoms with Crippen molar-refractivity contribution >= 4 is 30.3 Å². The van der Waals surface area contributed by atoms with Crippen LogP contribution >= 0.6 is 0 Å². The highest BCUT2D eigenvalue weighted by atomic mass is 32.2. The number of carbonyl (C=O) groups is 1. The Bertz CT molecular complexity index is 1340. The number of sulfonamides is 1. The van der Waals surface area contributed by atoms with Crippen LogP contribution in [0.4, 0.5) is 5.95 Å². The second-order valence-corrected chi connectivity index (χ2v) is 11.1. The highest BCUT2D eigenvalue weighted by Crippen LogP contribution is 2.21. The van der Waals surface area contributed by atoms with Crippen LogP contribution in [0.3, 0.4) is 0 Å². The molecule has 0 spiro atoms. The zero-order chi connectivity index (χ0) is 27.1. The lowest BCUT2D eigenvalue weighted by molar-refractivity contribution is -0.186. The highest BCUT2D eigenvalue weighted by molar-refractivity contribution is 7.89. The molecule has 2 aliphatic rings. The maximum absolute atomic E-state index is 12.9. The van der Waals surface area contributed by atoms with Crippen LogP contribution in [0.15, 0.2) is 71.9 Å². The maximum Gasteiger partial charge on any atom is 0.278 e. The number of aromatic nitrogens is 2. The van der Waals surface area contributed by atoms with E-state index in [1.807, 2.05) is 35.2 Å². The summed E-state index contributed by atoms with van der Waals surface area (Å²) in [5.41, 5.74) is 4.60. The lowest BCUT2D eigenvalue weighted by Gasteiger charge is -2.33. The monoisotopic (exact) mass is 564 g/mol. The molecule has 3 heterocycles. The number of hydrogen-bond acceptors (Lipinski definition) is 9. The minimum atomic E-state index is -3.71. The molecule has 3 aromatic rings. The van der Waals surface area contributed by atoms with Crippen LogP contribution in [0.2, 0.25) is 0 Å². The molecule has 11 nitrogen and oxygen atoms in total. The summed E-state index contributed by atoms with van der Waals surface area (Å²) in [7, 11) is -3.71. The molecule has 2 saturated heterocycles. The Kier molecular flexibility index (Phi) is 10.2. The zero-order valence-electron chi connectivity index (χ0n) is 21.9. The van der Waals surface area contributed by atoms with E-state index in [0.29, 0.717) is 32.3 Å². The standard InChI is InChI=1S/C27H31N5O6S.B/c33-26(31-38-25-8-4-5-14-37-25)22-16-28-27(29-17-22)32-13-15-36-23(19-32)18-30-39(34,35)24-11-9-21(10-12-24)20-6-2-1-3-7-20;/h1-3,6-7,9-12,16-17,23,25,30H,4-5,8,13-15,18-19H2,(H,31,33);/t23-,25?;/m1./s1. The Hall–Kier alpha value is -3.36. The SMILES string of the molecule is O=C(NOC1CCCCO1)c1cnc(N2CCO[C@H](CNS(=O)(=O)c3ccc(-c4ccccc4)cc3)C2)nc1.[B]. The van der Waals surface area contributed by atoms with Gasteiger partial charge in [0.15, 0.2) is 6.29 Å². The highest BCUT2D eigenvalue weighted by Gasteiger charge is 2.25. The fourth-order valence-corrected chi connectivity index (χ4v) is 5.42. The number of benzene rings is 2. The fourth-order valence-electron chi connectivity index (χ4n) is 4.35. The van der Waals surface area contributed by atoms with E-state index in [-0.39, 0.29) is 25.4 Å². The molecule has 13 heteroatoms. The summed E-state index contributed by atoms with van der Waals surface area (Å²) < 4.78 is 39.6. The molecule has 2 fully saturated rings. The number of hydrogen-bond donors (Lipinski definition) is 2. The molecule has 0 saturated carbocycles. The summed E-state index contributed by atoms with van der Waals surface area (Å²) in [5.74, 6) is -0.0301. The molecule has 1 amide bonds. The van der Waals surface area contributed by atoms with Gasteiger partial charge < -0.3 is 14.4 Å². The van der Waals surface area contributed by atoms with Gasteiger partial charge in [-0.15, -0.1) is 0 Å². The topological polar surface area (TPSA) is 132 Å². The number of nitrogens with one attached hydrogen (secondary N) is 2. The first-order valence-corrected chi connectivity index (χ1v) is 14.4. The van der Waals surface area contributed by atoms with Gasteiger partial charge in [0.05, 0.1) is 23.2 Å². The molecule has 2 aliphatic heterocycles. The Morgan fingerprint density at radius 2 is 1.70 bits per heavy atom. The Balaban J connectivity index is 0.00000370. The van der Waals surface area contributed by atoms with Gasteiger partial charge in [-0.05, 0) is 36.1 Å². The molecule has 2 atom stereocenters. The van der Waals surface area contributed by atoms with E-state index in [9.17, 15) is 13.2 Å². The van der Waals surface area contributed by atoms with Gasteiger partial charge in [0.25, 0.3) is 5.91 Å². The van der Waals surface area contributed by atoms with Crippen molar-refractivity contribution in [2.75, 3.05) is 37.7 Å². The molecule has 0 aliphatic carbocycles. The van der Waals surface area contributed by atoms with Crippen molar-refractivity contribution in [3.8, 4) is 11.1 Å². The normalized spacial score (nSPS) is 19.4. The van der Waals surface area contributed by atoms with Gasteiger partial charge in [-0.3, -0.25) is 4.79 Å². The van der Waals surface area contributed by atoms with Gasteiger partial charge >= 0.3 is 0 Å². The zero-order valence-corrected chi connectivity index (χ0v) is 22.8. The number of morpholine rings is 1. The van der Waals surface area contributed by atoms with E-state index >= 15 is 0 Å². The Labute approximate surface area is 235 Å². The molecule has 1 unspecified atom stereocenters. The largest absolute Gasteiger partial charge is 0.373 e. The minimum absolute atomic E-state index is 0. The lowest BCUT2D eigenvalue weighted by Crippen LogP contribution is -2.48. The minimum Gasteiger partial charge on any atom is -0.373 e. The maximum atomic E-state index is 12.9. The number of ether oxygens (including phenoxy) is 2. The lowest BCUT2D eigenvalue weighted by atomic mass is 10.1. The summed E-state index contributed by atoms with van der Waals surface area (Å²) in [6, 6.07) is 16.5. The van der Waals surface area contributed by atoms with Crippen molar-refractivity contribution < 1.29 is 27.5 Å². The smallest absolute Gasteiger partial charge is 0.278 e. The molecule has 40 heavy (non-hydrogen) atoms. The van der Waals surface area contributed by atoms with Gasteiger partial charge in [0.2, 0.25) is 16.0 Å². The van der Waals surface area contributed by atoms with Gasteiger partial charge in [0.1, 0.15) is 0 Å². The first-order chi connectivity index (χ1) is 19.0. The number of carbonyl (C=O) groups excluding carboxylic acids is 1. The number of rotatable bonds is 9. The Morgan fingerprint density at radius 1 is 0.975 bits per heavy atom. The molecule has 3 radical (unpaired) electrons. The first kappa shape index (κ1) is 29.6. The average Bonchev–Trinajstić information content (AvgIpc) is 3.00. The van der Waals surface area contributed by atoms with Crippen LogP contribution in [0, 0.1) is 0 Å². The molecular formula is C27H31BN5O6S. The van der Waals surface area contributed by atoms with Crippen molar-refractivity contribution in [2.45, 2.75) is 36.6 Å². The predicted octanol–water partition coefficient (Wildman–Crippen LogP) is 2.13. The number of nitrogens with zero attached hydrogens (tertiary/aromatic N) is 3. The third-order valence-corrected chi connectivity index (χ3v) is 7.96. The average molecular weight is 564 g/mol. The fraction of sp³-hybridized carbons (Fsp3) is 0.370. The molecular weight excluding hydrogens is 533 g/mol. The molecule has 209 valence electrons. The Morgan fingerprint density at radius 3 is 2.40 bits per heavy atom.